The van der Waals surface area contributed by atoms with Crippen molar-refractivity contribution in [3.8, 4) is 0 Å². The lowest BCUT2D eigenvalue weighted by Crippen LogP contribution is -2.46. The number of sulfonamides is 1. The number of hydrogen-bond acceptors (Lipinski definition) is 6. The first-order chi connectivity index (χ1) is 13.4. The highest BCUT2D eigenvalue weighted by atomic mass is 32.2. The summed E-state index contributed by atoms with van der Waals surface area (Å²) in [6.07, 6.45) is 6.84. The van der Waals surface area contributed by atoms with Gasteiger partial charge in [-0.2, -0.15) is 4.31 Å². The average molecular weight is 422 g/mol. The van der Waals surface area contributed by atoms with Crippen LogP contribution >= 0.6 is 11.3 Å². The van der Waals surface area contributed by atoms with E-state index < -0.39 is 10.0 Å². The van der Waals surface area contributed by atoms with Crippen molar-refractivity contribution in [2.24, 2.45) is 5.92 Å². The number of nitrogens with zero attached hydrogens (tertiary/aromatic N) is 2. The zero-order valence-corrected chi connectivity index (χ0v) is 17.3. The van der Waals surface area contributed by atoms with Crippen molar-refractivity contribution in [1.82, 2.24) is 14.8 Å². The highest BCUT2D eigenvalue weighted by molar-refractivity contribution is 7.89. The molecule has 1 atom stereocenters. The van der Waals surface area contributed by atoms with Crippen LogP contribution in [-0.4, -0.2) is 42.9 Å². The number of aromatic nitrogens is 1. The summed E-state index contributed by atoms with van der Waals surface area (Å²) in [5.74, 6) is -0.132. The topological polar surface area (TPSA) is 92.5 Å². The van der Waals surface area contributed by atoms with Crippen molar-refractivity contribution in [3.63, 3.8) is 0 Å². The summed E-state index contributed by atoms with van der Waals surface area (Å²) in [7, 11) is -3.80. The normalized spacial score (nSPS) is 21.2. The molecule has 1 aliphatic carbocycles. The molecule has 2 fully saturated rings. The van der Waals surface area contributed by atoms with Gasteiger partial charge in [-0.25, -0.2) is 8.42 Å². The van der Waals surface area contributed by atoms with E-state index in [-0.39, 0.29) is 35.1 Å². The van der Waals surface area contributed by atoms with Gasteiger partial charge >= 0.3 is 0 Å². The lowest BCUT2D eigenvalue weighted by molar-refractivity contribution is -0.126. The fourth-order valence-corrected chi connectivity index (χ4v) is 5.79. The minimum absolute atomic E-state index is 0.0396. The van der Waals surface area contributed by atoms with Crippen LogP contribution in [0.2, 0.25) is 0 Å². The molecule has 0 radical (unpaired) electrons. The van der Waals surface area contributed by atoms with Crippen LogP contribution in [0.4, 0.5) is 0 Å². The first kappa shape index (κ1) is 19.4. The minimum atomic E-state index is -3.80. The summed E-state index contributed by atoms with van der Waals surface area (Å²) >= 11 is 1.55. The molecule has 150 valence electrons. The van der Waals surface area contributed by atoms with Crippen LogP contribution in [0.15, 0.2) is 26.9 Å². The molecular weight excluding hydrogens is 398 g/mol. The molecule has 0 bridgehead atoms. The Morgan fingerprint density at radius 3 is 2.89 bits per heavy atom. The van der Waals surface area contributed by atoms with Gasteiger partial charge in [0.1, 0.15) is 5.69 Å². The molecule has 1 amide bonds. The van der Waals surface area contributed by atoms with Gasteiger partial charge in [0.05, 0.1) is 5.92 Å². The predicted molar refractivity (Wildman–Crippen MR) is 107 cm³/mol. The van der Waals surface area contributed by atoms with Gasteiger partial charge in [0, 0.05) is 24.0 Å². The SMILES string of the molecule is Cc1noc(/C=C/c2cccs2)c1S(=O)(=O)N1CCCC(C(=O)NC2CC2)C1. The van der Waals surface area contributed by atoms with Crippen LogP contribution in [0.1, 0.15) is 42.0 Å². The van der Waals surface area contributed by atoms with Crippen LogP contribution in [0.5, 0.6) is 0 Å². The summed E-state index contributed by atoms with van der Waals surface area (Å²) in [4.78, 5) is 13.5. The van der Waals surface area contributed by atoms with Gasteiger partial charge in [0.15, 0.2) is 10.7 Å². The van der Waals surface area contributed by atoms with Crippen LogP contribution in [0.25, 0.3) is 12.2 Å². The molecule has 9 heteroatoms. The maximum Gasteiger partial charge on any atom is 0.248 e. The Morgan fingerprint density at radius 1 is 1.36 bits per heavy atom. The molecule has 2 aromatic rings. The number of aryl methyl sites for hydroxylation is 1. The Labute approximate surface area is 168 Å². The van der Waals surface area contributed by atoms with E-state index in [1.165, 1.54) is 4.31 Å². The highest BCUT2D eigenvalue weighted by Crippen LogP contribution is 2.30. The van der Waals surface area contributed by atoms with Crippen LogP contribution < -0.4 is 5.32 Å². The summed E-state index contributed by atoms with van der Waals surface area (Å²) < 4.78 is 33.3. The Bertz CT molecular complexity index is 975. The fourth-order valence-electron chi connectivity index (χ4n) is 3.39. The molecular formula is C19H23N3O4S2. The highest BCUT2D eigenvalue weighted by Gasteiger charge is 2.37. The lowest BCUT2D eigenvalue weighted by Gasteiger charge is -2.31. The van der Waals surface area contributed by atoms with E-state index in [9.17, 15) is 13.2 Å². The van der Waals surface area contributed by atoms with E-state index in [0.717, 1.165) is 17.7 Å². The summed E-state index contributed by atoms with van der Waals surface area (Å²) in [5.41, 5.74) is 0.329. The van der Waals surface area contributed by atoms with Gasteiger partial charge in [-0.3, -0.25) is 4.79 Å². The van der Waals surface area contributed by atoms with Gasteiger partial charge < -0.3 is 9.84 Å². The van der Waals surface area contributed by atoms with Gasteiger partial charge in [-0.15, -0.1) is 11.3 Å². The maximum absolute atomic E-state index is 13.3. The fraction of sp³-hybridized carbons (Fsp3) is 0.474. The molecule has 28 heavy (non-hydrogen) atoms. The Kier molecular flexibility index (Phi) is 5.39. The van der Waals surface area contributed by atoms with Crippen molar-refractivity contribution in [1.29, 1.82) is 0 Å². The molecule has 0 aromatic carbocycles. The monoisotopic (exact) mass is 421 g/mol. The van der Waals surface area contributed by atoms with Crippen LogP contribution in [-0.2, 0) is 14.8 Å². The van der Waals surface area contributed by atoms with E-state index in [1.807, 2.05) is 23.6 Å². The number of carbonyl (C=O) groups excluding carboxylic acids is 1. The average Bonchev–Trinajstić information content (AvgIpc) is 3.18. The van der Waals surface area contributed by atoms with E-state index >= 15 is 0 Å². The first-order valence-electron chi connectivity index (χ1n) is 9.43. The second-order valence-corrected chi connectivity index (χ2v) is 10.1. The molecule has 3 heterocycles. The maximum atomic E-state index is 13.3. The second-order valence-electron chi connectivity index (χ2n) is 7.30. The third-order valence-electron chi connectivity index (χ3n) is 5.05. The predicted octanol–water partition coefficient (Wildman–Crippen LogP) is 2.89. The van der Waals surface area contributed by atoms with Crippen molar-refractivity contribution in [3.05, 3.63) is 33.8 Å². The number of carbonyl (C=O) groups is 1. The second kappa shape index (κ2) is 7.81. The molecule has 0 spiro atoms. The lowest BCUT2D eigenvalue weighted by atomic mass is 9.99. The van der Waals surface area contributed by atoms with Crippen molar-refractivity contribution < 1.29 is 17.7 Å². The molecule has 1 unspecified atom stereocenters. The largest absolute Gasteiger partial charge is 0.355 e. The molecule has 7 nitrogen and oxygen atoms in total. The smallest absolute Gasteiger partial charge is 0.248 e. The number of amides is 1. The van der Waals surface area contributed by atoms with Crippen molar-refractivity contribution in [2.45, 2.75) is 43.5 Å². The Morgan fingerprint density at radius 2 is 2.18 bits per heavy atom. The molecule has 1 N–H and O–H groups in total. The number of rotatable bonds is 6. The number of hydrogen-bond donors (Lipinski definition) is 1. The van der Waals surface area contributed by atoms with E-state index in [2.05, 4.69) is 10.5 Å². The molecule has 1 saturated carbocycles. The van der Waals surface area contributed by atoms with Gasteiger partial charge in [0.25, 0.3) is 0 Å². The number of thiophene rings is 1. The third kappa shape index (κ3) is 4.06. The third-order valence-corrected chi connectivity index (χ3v) is 7.91. The first-order valence-corrected chi connectivity index (χ1v) is 11.8. The Balaban J connectivity index is 1.55. The Hall–Kier alpha value is -1.97. The van der Waals surface area contributed by atoms with E-state index in [1.54, 1.807) is 24.3 Å². The summed E-state index contributed by atoms with van der Waals surface area (Å²) in [6, 6.07) is 4.13. The zero-order chi connectivity index (χ0) is 19.7. The zero-order valence-electron chi connectivity index (χ0n) is 15.6. The quantitative estimate of drug-likeness (QED) is 0.774. The molecule has 1 saturated heterocycles. The number of nitrogens with one attached hydrogen (secondary N) is 1. The minimum Gasteiger partial charge on any atom is -0.355 e. The van der Waals surface area contributed by atoms with Crippen LogP contribution in [0.3, 0.4) is 0 Å². The van der Waals surface area contributed by atoms with Gasteiger partial charge in [-0.1, -0.05) is 11.2 Å². The summed E-state index contributed by atoms with van der Waals surface area (Å²) in [5, 5.41) is 8.81. The van der Waals surface area contributed by atoms with E-state index in [4.69, 9.17) is 4.52 Å². The standard InChI is InChI=1S/C19H23N3O4S2/c1-13-18(17(26-21-13)9-8-16-5-3-11-27-16)28(24,25)22-10-2-4-14(12-22)19(23)20-15-6-7-15/h3,5,8-9,11,14-15H,2,4,6-7,10,12H2,1H3,(H,20,23)/b9-8+. The van der Waals surface area contributed by atoms with Crippen molar-refractivity contribution >= 4 is 39.4 Å². The van der Waals surface area contributed by atoms with Crippen molar-refractivity contribution in [2.75, 3.05) is 13.1 Å². The van der Waals surface area contributed by atoms with Crippen LogP contribution in [0, 0.1) is 12.8 Å². The molecule has 2 aromatic heterocycles. The number of piperidine rings is 1. The molecule has 4 rings (SSSR count). The van der Waals surface area contributed by atoms with E-state index in [0.29, 0.717) is 25.1 Å². The van der Waals surface area contributed by atoms with Gasteiger partial charge in [0.2, 0.25) is 15.9 Å². The van der Waals surface area contributed by atoms with Gasteiger partial charge in [-0.05, 0) is 56.2 Å². The molecule has 2 aliphatic rings. The summed E-state index contributed by atoms with van der Waals surface area (Å²) in [6.45, 7) is 2.22. The molecule has 1 aliphatic heterocycles.